The van der Waals surface area contributed by atoms with Crippen molar-refractivity contribution in [3.05, 3.63) is 36.2 Å². The predicted octanol–water partition coefficient (Wildman–Crippen LogP) is 0.700. The van der Waals surface area contributed by atoms with Gasteiger partial charge in [0.2, 0.25) is 17.7 Å². The molecule has 0 fully saturated rings. The van der Waals surface area contributed by atoms with Crippen molar-refractivity contribution in [3.8, 4) is 11.5 Å². The Morgan fingerprint density at radius 2 is 2.11 bits per heavy atom. The van der Waals surface area contributed by atoms with Gasteiger partial charge in [-0.1, -0.05) is 18.2 Å². The normalized spacial score (nSPS) is 12.1. The maximum absolute atomic E-state index is 11.3. The van der Waals surface area contributed by atoms with Crippen LogP contribution in [0.2, 0.25) is 0 Å². The largest absolute Gasteiger partial charge is 0.419 e. The molecule has 0 bridgehead atoms. The summed E-state index contributed by atoms with van der Waals surface area (Å²) in [4.78, 5) is 11.3. The predicted molar refractivity (Wildman–Crippen MR) is 65.2 cm³/mol. The molecule has 2 aromatic rings. The van der Waals surface area contributed by atoms with Crippen LogP contribution in [-0.2, 0) is 11.3 Å². The van der Waals surface area contributed by atoms with Gasteiger partial charge in [-0.15, -0.1) is 10.2 Å². The summed E-state index contributed by atoms with van der Waals surface area (Å²) in [6, 6.07) is 8.87. The third-order valence-electron chi connectivity index (χ3n) is 2.31. The van der Waals surface area contributed by atoms with Crippen LogP contribution in [0.1, 0.15) is 12.8 Å². The average Bonchev–Trinajstić information content (AvgIpc) is 2.85. The highest BCUT2D eigenvalue weighted by molar-refractivity contribution is 5.80. The Morgan fingerprint density at radius 1 is 1.39 bits per heavy atom. The summed E-state index contributed by atoms with van der Waals surface area (Å²) in [6.07, 6.45) is 0. The lowest BCUT2D eigenvalue weighted by molar-refractivity contribution is -0.122. The Bertz CT molecular complexity index is 522. The molecule has 2 rings (SSSR count). The number of nitrogens with one attached hydrogen (secondary N) is 1. The van der Waals surface area contributed by atoms with Gasteiger partial charge in [-0.3, -0.25) is 4.79 Å². The minimum absolute atomic E-state index is 0.181. The number of benzene rings is 1. The second-order valence-electron chi connectivity index (χ2n) is 3.87. The standard InChI is InChI=1S/C12H14N4O2/c1-8(13)11(17)14-7-10-15-16-12(18-10)9-5-3-2-4-6-9/h2-6,8H,7,13H2,1H3,(H,14,17)/t8-/m1/s1. The summed E-state index contributed by atoms with van der Waals surface area (Å²) in [5.41, 5.74) is 6.26. The highest BCUT2D eigenvalue weighted by atomic mass is 16.4. The zero-order valence-electron chi connectivity index (χ0n) is 9.96. The lowest BCUT2D eigenvalue weighted by Crippen LogP contribution is -2.37. The first kappa shape index (κ1) is 12.3. The van der Waals surface area contributed by atoms with Crippen molar-refractivity contribution in [2.75, 3.05) is 0 Å². The van der Waals surface area contributed by atoms with E-state index in [0.29, 0.717) is 11.8 Å². The lowest BCUT2D eigenvalue weighted by Gasteiger charge is -2.04. The fourth-order valence-corrected chi connectivity index (χ4v) is 1.35. The minimum atomic E-state index is -0.554. The van der Waals surface area contributed by atoms with Gasteiger partial charge in [-0.2, -0.15) is 0 Å². The smallest absolute Gasteiger partial charge is 0.247 e. The number of carbonyl (C=O) groups is 1. The van der Waals surface area contributed by atoms with Crippen molar-refractivity contribution in [2.24, 2.45) is 5.73 Å². The molecule has 94 valence electrons. The molecule has 1 amide bonds. The van der Waals surface area contributed by atoms with Crippen LogP contribution in [0.3, 0.4) is 0 Å². The average molecular weight is 246 g/mol. The number of nitrogens with two attached hydrogens (primary N) is 1. The lowest BCUT2D eigenvalue weighted by atomic mass is 10.2. The molecule has 0 aliphatic heterocycles. The fourth-order valence-electron chi connectivity index (χ4n) is 1.35. The molecule has 0 saturated heterocycles. The number of rotatable bonds is 4. The molecular formula is C12H14N4O2. The number of amides is 1. The van der Waals surface area contributed by atoms with Crippen LogP contribution >= 0.6 is 0 Å². The summed E-state index contributed by atoms with van der Waals surface area (Å²) in [7, 11) is 0. The van der Waals surface area contributed by atoms with Crippen molar-refractivity contribution in [1.29, 1.82) is 0 Å². The fraction of sp³-hybridized carbons (Fsp3) is 0.250. The first-order chi connectivity index (χ1) is 8.66. The Balaban J connectivity index is 2.01. The number of hydrogen-bond acceptors (Lipinski definition) is 5. The van der Waals surface area contributed by atoms with E-state index in [0.717, 1.165) is 5.56 Å². The van der Waals surface area contributed by atoms with Crippen LogP contribution < -0.4 is 11.1 Å². The maximum atomic E-state index is 11.3. The summed E-state index contributed by atoms with van der Waals surface area (Å²) >= 11 is 0. The van der Waals surface area contributed by atoms with Gasteiger partial charge in [0.05, 0.1) is 12.6 Å². The van der Waals surface area contributed by atoms with E-state index in [1.807, 2.05) is 30.3 Å². The van der Waals surface area contributed by atoms with Gasteiger partial charge in [0.15, 0.2) is 0 Å². The molecule has 0 aliphatic rings. The third kappa shape index (κ3) is 2.92. The quantitative estimate of drug-likeness (QED) is 0.828. The van der Waals surface area contributed by atoms with Crippen LogP contribution in [0.15, 0.2) is 34.7 Å². The molecule has 1 aromatic heterocycles. The van der Waals surface area contributed by atoms with E-state index >= 15 is 0 Å². The van der Waals surface area contributed by atoms with Gasteiger partial charge >= 0.3 is 0 Å². The number of aromatic nitrogens is 2. The Hall–Kier alpha value is -2.21. The van der Waals surface area contributed by atoms with Crippen LogP contribution in [0.5, 0.6) is 0 Å². The monoisotopic (exact) mass is 246 g/mol. The molecule has 0 radical (unpaired) electrons. The number of carbonyl (C=O) groups excluding carboxylic acids is 1. The van der Waals surface area contributed by atoms with Crippen LogP contribution in [-0.4, -0.2) is 22.1 Å². The molecular weight excluding hydrogens is 232 g/mol. The third-order valence-corrected chi connectivity index (χ3v) is 2.31. The maximum Gasteiger partial charge on any atom is 0.247 e. The van der Waals surface area contributed by atoms with Gasteiger partial charge in [0.1, 0.15) is 0 Å². The van der Waals surface area contributed by atoms with E-state index in [4.69, 9.17) is 10.2 Å². The van der Waals surface area contributed by atoms with Crippen LogP contribution in [0.4, 0.5) is 0 Å². The SMILES string of the molecule is C[C@@H](N)C(=O)NCc1nnc(-c2ccccc2)o1. The van der Waals surface area contributed by atoms with Crippen LogP contribution in [0.25, 0.3) is 11.5 Å². The Kier molecular flexibility index (Phi) is 3.69. The minimum Gasteiger partial charge on any atom is -0.419 e. The molecule has 0 saturated carbocycles. The molecule has 6 nitrogen and oxygen atoms in total. The Labute approximate surface area is 104 Å². The van der Waals surface area contributed by atoms with Gasteiger partial charge in [0.25, 0.3) is 0 Å². The second kappa shape index (κ2) is 5.42. The summed E-state index contributed by atoms with van der Waals surface area (Å²) in [5.74, 6) is 0.526. The van der Waals surface area contributed by atoms with Crippen molar-refractivity contribution in [2.45, 2.75) is 19.5 Å². The van der Waals surface area contributed by atoms with Crippen molar-refractivity contribution in [1.82, 2.24) is 15.5 Å². The topological polar surface area (TPSA) is 94.0 Å². The van der Waals surface area contributed by atoms with Gasteiger partial charge < -0.3 is 15.5 Å². The van der Waals surface area contributed by atoms with Gasteiger partial charge in [-0.25, -0.2) is 0 Å². The number of nitrogens with zero attached hydrogens (tertiary/aromatic N) is 2. The molecule has 3 N–H and O–H groups in total. The van der Waals surface area contributed by atoms with Gasteiger partial charge in [0, 0.05) is 5.56 Å². The molecule has 0 spiro atoms. The Morgan fingerprint density at radius 3 is 2.78 bits per heavy atom. The molecule has 0 unspecified atom stereocenters. The molecule has 6 heteroatoms. The first-order valence-electron chi connectivity index (χ1n) is 5.58. The summed E-state index contributed by atoms with van der Waals surface area (Å²) in [6.45, 7) is 1.79. The highest BCUT2D eigenvalue weighted by Crippen LogP contribution is 2.16. The van der Waals surface area contributed by atoms with E-state index in [1.54, 1.807) is 6.92 Å². The van der Waals surface area contributed by atoms with Crippen LogP contribution in [0, 0.1) is 0 Å². The van der Waals surface area contributed by atoms with Crippen molar-refractivity contribution in [3.63, 3.8) is 0 Å². The zero-order chi connectivity index (χ0) is 13.0. The highest BCUT2D eigenvalue weighted by Gasteiger charge is 2.11. The number of hydrogen-bond donors (Lipinski definition) is 2. The van der Waals surface area contributed by atoms with Crippen molar-refractivity contribution >= 4 is 5.91 Å². The molecule has 18 heavy (non-hydrogen) atoms. The molecule has 1 aromatic carbocycles. The van der Waals surface area contributed by atoms with E-state index < -0.39 is 6.04 Å². The molecule has 1 heterocycles. The van der Waals surface area contributed by atoms with E-state index in [1.165, 1.54) is 0 Å². The van der Waals surface area contributed by atoms with Gasteiger partial charge in [-0.05, 0) is 19.1 Å². The summed E-state index contributed by atoms with van der Waals surface area (Å²) in [5, 5.41) is 10.4. The first-order valence-corrected chi connectivity index (χ1v) is 5.58. The second-order valence-corrected chi connectivity index (χ2v) is 3.87. The van der Waals surface area contributed by atoms with Crippen molar-refractivity contribution < 1.29 is 9.21 Å². The summed E-state index contributed by atoms with van der Waals surface area (Å²) < 4.78 is 5.42. The van der Waals surface area contributed by atoms with E-state index in [-0.39, 0.29) is 12.5 Å². The zero-order valence-corrected chi connectivity index (χ0v) is 9.96. The molecule has 1 atom stereocenters. The van der Waals surface area contributed by atoms with E-state index in [9.17, 15) is 4.79 Å². The molecule has 0 aliphatic carbocycles. The van der Waals surface area contributed by atoms with E-state index in [2.05, 4.69) is 15.5 Å².